The number of aromatic nitrogens is 2. The predicted octanol–water partition coefficient (Wildman–Crippen LogP) is 0.667. The molecule has 0 unspecified atom stereocenters. The van der Waals surface area contributed by atoms with E-state index in [0.29, 0.717) is 0 Å². The van der Waals surface area contributed by atoms with Crippen molar-refractivity contribution in [3.63, 3.8) is 0 Å². The van der Waals surface area contributed by atoms with Gasteiger partial charge in [0.25, 0.3) is 0 Å². The van der Waals surface area contributed by atoms with Crippen molar-refractivity contribution in [3.8, 4) is 0 Å². The fourth-order valence-electron chi connectivity index (χ4n) is 0.568. The zero-order valence-electron chi connectivity index (χ0n) is 5.78. The minimum Gasteiger partial charge on any atom is -0.394 e. The van der Waals surface area contributed by atoms with E-state index in [4.69, 9.17) is 0 Å². The SMILES string of the molecule is CNC=Cc1ccncn1. The summed E-state index contributed by atoms with van der Waals surface area (Å²) in [6.45, 7) is 0. The summed E-state index contributed by atoms with van der Waals surface area (Å²) in [5.74, 6) is 0. The van der Waals surface area contributed by atoms with E-state index in [0.717, 1.165) is 5.69 Å². The van der Waals surface area contributed by atoms with Crippen LogP contribution in [0.1, 0.15) is 5.69 Å². The molecule has 0 saturated carbocycles. The largest absolute Gasteiger partial charge is 0.394 e. The Hall–Kier alpha value is -1.38. The van der Waals surface area contributed by atoms with Crippen molar-refractivity contribution in [2.75, 3.05) is 7.05 Å². The monoisotopic (exact) mass is 135 g/mol. The first-order chi connectivity index (χ1) is 4.93. The van der Waals surface area contributed by atoms with Gasteiger partial charge in [0.2, 0.25) is 0 Å². The molecule has 0 aliphatic carbocycles. The van der Waals surface area contributed by atoms with Crippen LogP contribution in [-0.2, 0) is 0 Å². The van der Waals surface area contributed by atoms with E-state index >= 15 is 0 Å². The molecule has 0 spiro atoms. The first kappa shape index (κ1) is 6.74. The van der Waals surface area contributed by atoms with Gasteiger partial charge in [-0.3, -0.25) is 0 Å². The highest BCUT2D eigenvalue weighted by Gasteiger charge is 1.81. The number of hydrogen-bond acceptors (Lipinski definition) is 3. The average molecular weight is 135 g/mol. The van der Waals surface area contributed by atoms with Crippen molar-refractivity contribution in [1.82, 2.24) is 15.3 Å². The van der Waals surface area contributed by atoms with Crippen LogP contribution in [0.4, 0.5) is 0 Å². The minimum absolute atomic E-state index is 0.907. The Morgan fingerprint density at radius 1 is 1.60 bits per heavy atom. The third kappa shape index (κ3) is 1.85. The quantitative estimate of drug-likeness (QED) is 0.647. The summed E-state index contributed by atoms with van der Waals surface area (Å²) in [6.07, 6.45) is 6.93. The van der Waals surface area contributed by atoms with Gasteiger partial charge in [-0.05, 0) is 18.3 Å². The van der Waals surface area contributed by atoms with Gasteiger partial charge in [0.15, 0.2) is 0 Å². The Labute approximate surface area is 59.8 Å². The normalized spacial score (nSPS) is 10.1. The lowest BCUT2D eigenvalue weighted by Crippen LogP contribution is -1.91. The van der Waals surface area contributed by atoms with Crippen molar-refractivity contribution in [2.45, 2.75) is 0 Å². The molecule has 0 aliphatic heterocycles. The minimum atomic E-state index is 0.907. The molecule has 0 amide bonds. The van der Waals surface area contributed by atoms with Gasteiger partial charge in [-0.2, -0.15) is 0 Å². The molecule has 1 rings (SSSR count). The van der Waals surface area contributed by atoms with Gasteiger partial charge in [0.1, 0.15) is 6.33 Å². The molecule has 10 heavy (non-hydrogen) atoms. The van der Waals surface area contributed by atoms with Crippen molar-refractivity contribution in [2.24, 2.45) is 0 Å². The molecule has 3 nitrogen and oxygen atoms in total. The number of rotatable bonds is 2. The molecular weight excluding hydrogens is 126 g/mol. The van der Waals surface area contributed by atoms with Crippen molar-refractivity contribution >= 4 is 6.08 Å². The van der Waals surface area contributed by atoms with Crippen LogP contribution in [0, 0.1) is 0 Å². The first-order valence-electron chi connectivity index (χ1n) is 3.03. The molecule has 0 fully saturated rings. The molecule has 1 aromatic rings. The lowest BCUT2D eigenvalue weighted by molar-refractivity contribution is 1.10. The summed E-state index contributed by atoms with van der Waals surface area (Å²) in [6, 6.07) is 1.84. The molecule has 3 heteroatoms. The van der Waals surface area contributed by atoms with Crippen LogP contribution in [0.25, 0.3) is 6.08 Å². The van der Waals surface area contributed by atoms with Gasteiger partial charge in [-0.1, -0.05) is 0 Å². The Morgan fingerprint density at radius 2 is 2.50 bits per heavy atom. The highest BCUT2D eigenvalue weighted by molar-refractivity contribution is 5.42. The Balaban J connectivity index is 2.67. The third-order valence-corrected chi connectivity index (χ3v) is 1.03. The molecule has 1 heterocycles. The van der Waals surface area contributed by atoms with Gasteiger partial charge in [0, 0.05) is 13.2 Å². The van der Waals surface area contributed by atoms with E-state index in [1.54, 1.807) is 6.20 Å². The standard InChI is InChI=1S/C7H9N3/c1-8-4-2-7-3-5-9-6-10-7/h2-6,8H,1H3. The maximum absolute atomic E-state index is 3.98. The second kappa shape index (κ2) is 3.61. The molecular formula is C7H9N3. The molecule has 0 bridgehead atoms. The van der Waals surface area contributed by atoms with Crippen molar-refractivity contribution < 1.29 is 0 Å². The second-order valence-electron chi connectivity index (χ2n) is 1.76. The molecule has 0 aromatic carbocycles. The van der Waals surface area contributed by atoms with E-state index < -0.39 is 0 Å². The van der Waals surface area contributed by atoms with Crippen molar-refractivity contribution in [3.05, 3.63) is 30.5 Å². The fraction of sp³-hybridized carbons (Fsp3) is 0.143. The van der Waals surface area contributed by atoms with E-state index in [2.05, 4.69) is 15.3 Å². The zero-order chi connectivity index (χ0) is 7.23. The molecule has 0 radical (unpaired) electrons. The first-order valence-corrected chi connectivity index (χ1v) is 3.03. The molecule has 0 aliphatic rings. The van der Waals surface area contributed by atoms with Crippen LogP contribution in [0.2, 0.25) is 0 Å². The van der Waals surface area contributed by atoms with Gasteiger partial charge >= 0.3 is 0 Å². The Morgan fingerprint density at radius 3 is 3.10 bits per heavy atom. The summed E-state index contributed by atoms with van der Waals surface area (Å²) in [4.78, 5) is 7.77. The number of nitrogens with zero attached hydrogens (tertiary/aromatic N) is 2. The zero-order valence-corrected chi connectivity index (χ0v) is 5.78. The molecule has 52 valence electrons. The summed E-state index contributed by atoms with van der Waals surface area (Å²) in [7, 11) is 1.84. The van der Waals surface area contributed by atoms with Crippen LogP contribution in [0.3, 0.4) is 0 Å². The number of hydrogen-bond donors (Lipinski definition) is 1. The Bertz CT molecular complexity index is 205. The lowest BCUT2D eigenvalue weighted by atomic mass is 10.4. The molecule has 1 aromatic heterocycles. The second-order valence-corrected chi connectivity index (χ2v) is 1.76. The Kier molecular flexibility index (Phi) is 2.43. The van der Waals surface area contributed by atoms with E-state index in [1.807, 2.05) is 25.4 Å². The topological polar surface area (TPSA) is 37.8 Å². The van der Waals surface area contributed by atoms with Crippen LogP contribution in [0.15, 0.2) is 24.8 Å². The summed E-state index contributed by atoms with van der Waals surface area (Å²) < 4.78 is 0. The van der Waals surface area contributed by atoms with E-state index in [9.17, 15) is 0 Å². The maximum atomic E-state index is 3.98. The van der Waals surface area contributed by atoms with Crippen LogP contribution in [0.5, 0.6) is 0 Å². The maximum Gasteiger partial charge on any atom is 0.115 e. The van der Waals surface area contributed by atoms with Crippen LogP contribution < -0.4 is 5.32 Å². The summed E-state index contributed by atoms with van der Waals surface area (Å²) >= 11 is 0. The number of nitrogens with one attached hydrogen (secondary N) is 1. The van der Waals surface area contributed by atoms with Crippen molar-refractivity contribution in [1.29, 1.82) is 0 Å². The lowest BCUT2D eigenvalue weighted by Gasteiger charge is -1.88. The predicted molar refractivity (Wildman–Crippen MR) is 40.1 cm³/mol. The van der Waals surface area contributed by atoms with Gasteiger partial charge < -0.3 is 5.32 Å². The third-order valence-electron chi connectivity index (χ3n) is 1.03. The van der Waals surface area contributed by atoms with Gasteiger partial charge in [-0.25, -0.2) is 9.97 Å². The molecule has 0 atom stereocenters. The van der Waals surface area contributed by atoms with E-state index in [-0.39, 0.29) is 0 Å². The average Bonchev–Trinajstić information content (AvgIpc) is 2.03. The molecule has 0 saturated heterocycles. The van der Waals surface area contributed by atoms with Gasteiger partial charge in [0.05, 0.1) is 5.69 Å². The van der Waals surface area contributed by atoms with Crippen LogP contribution in [-0.4, -0.2) is 17.0 Å². The van der Waals surface area contributed by atoms with Crippen LogP contribution >= 0.6 is 0 Å². The smallest absolute Gasteiger partial charge is 0.115 e. The summed E-state index contributed by atoms with van der Waals surface area (Å²) in [5, 5.41) is 2.88. The highest BCUT2D eigenvalue weighted by Crippen LogP contribution is 1.91. The fourth-order valence-corrected chi connectivity index (χ4v) is 0.568. The van der Waals surface area contributed by atoms with Gasteiger partial charge in [-0.15, -0.1) is 0 Å². The summed E-state index contributed by atoms with van der Waals surface area (Å²) in [5.41, 5.74) is 0.907. The highest BCUT2D eigenvalue weighted by atomic mass is 14.8. The van der Waals surface area contributed by atoms with E-state index in [1.165, 1.54) is 6.33 Å². The molecule has 1 N–H and O–H groups in total.